The zero-order valence-corrected chi connectivity index (χ0v) is 11.6. The highest BCUT2D eigenvalue weighted by Crippen LogP contribution is 2.09. The van der Waals surface area contributed by atoms with Crippen LogP contribution in [0.25, 0.3) is 0 Å². The molecule has 1 heterocycles. The Kier molecular flexibility index (Phi) is 4.80. The topological polar surface area (TPSA) is 58.4 Å². The zero-order chi connectivity index (χ0) is 13.7. The van der Waals surface area contributed by atoms with E-state index in [1.54, 1.807) is 24.3 Å². The smallest absolute Gasteiger partial charge is 0.251 e. The first-order chi connectivity index (χ1) is 9.15. The summed E-state index contributed by atoms with van der Waals surface area (Å²) < 4.78 is 0. The van der Waals surface area contributed by atoms with Crippen LogP contribution >= 0.6 is 0 Å². The standard InChI is InChI=1S/C15H23N3O/c1-12(11-18-9-3-2-4-10-18)17-15(19)13-5-7-14(16)8-6-13/h5-8,12H,2-4,9-11,16H2,1H3,(H,17,19). The number of benzene rings is 1. The minimum absolute atomic E-state index is 0.0236. The molecule has 1 aromatic carbocycles. The molecule has 2 rings (SSSR count). The lowest BCUT2D eigenvalue weighted by Gasteiger charge is -2.29. The molecule has 1 atom stereocenters. The van der Waals surface area contributed by atoms with E-state index >= 15 is 0 Å². The van der Waals surface area contributed by atoms with Crippen molar-refractivity contribution in [2.24, 2.45) is 0 Å². The average molecular weight is 261 g/mol. The molecular formula is C15H23N3O. The Morgan fingerprint density at radius 2 is 1.89 bits per heavy atom. The number of nitrogens with one attached hydrogen (secondary N) is 1. The van der Waals surface area contributed by atoms with E-state index < -0.39 is 0 Å². The predicted octanol–water partition coefficient (Wildman–Crippen LogP) is 1.87. The maximum atomic E-state index is 12.0. The van der Waals surface area contributed by atoms with Gasteiger partial charge in [0.2, 0.25) is 0 Å². The molecule has 0 aliphatic carbocycles. The van der Waals surface area contributed by atoms with Crippen molar-refractivity contribution < 1.29 is 4.79 Å². The third-order valence-electron chi connectivity index (χ3n) is 3.53. The van der Waals surface area contributed by atoms with Crippen LogP contribution in [0.2, 0.25) is 0 Å². The van der Waals surface area contributed by atoms with Crippen molar-refractivity contribution >= 4 is 11.6 Å². The summed E-state index contributed by atoms with van der Waals surface area (Å²) in [5, 5.41) is 3.04. The van der Waals surface area contributed by atoms with Gasteiger partial charge in [-0.05, 0) is 57.1 Å². The van der Waals surface area contributed by atoms with Crippen LogP contribution in [0.1, 0.15) is 36.5 Å². The van der Waals surface area contributed by atoms with Gasteiger partial charge in [-0.1, -0.05) is 6.42 Å². The van der Waals surface area contributed by atoms with Crippen LogP contribution in [0, 0.1) is 0 Å². The lowest BCUT2D eigenvalue weighted by Crippen LogP contribution is -2.43. The van der Waals surface area contributed by atoms with Crippen LogP contribution in [0.3, 0.4) is 0 Å². The Balaban J connectivity index is 1.82. The Labute approximate surface area is 115 Å². The number of carbonyl (C=O) groups excluding carboxylic acids is 1. The van der Waals surface area contributed by atoms with Crippen molar-refractivity contribution in [3.63, 3.8) is 0 Å². The van der Waals surface area contributed by atoms with Gasteiger partial charge >= 0.3 is 0 Å². The van der Waals surface area contributed by atoms with Crippen molar-refractivity contribution in [3.8, 4) is 0 Å². The Morgan fingerprint density at radius 3 is 2.53 bits per heavy atom. The van der Waals surface area contributed by atoms with Gasteiger partial charge in [-0.25, -0.2) is 0 Å². The van der Waals surface area contributed by atoms with Crippen LogP contribution in [0.4, 0.5) is 5.69 Å². The van der Waals surface area contributed by atoms with Crippen molar-refractivity contribution in [3.05, 3.63) is 29.8 Å². The van der Waals surface area contributed by atoms with Gasteiger partial charge in [0, 0.05) is 23.8 Å². The van der Waals surface area contributed by atoms with Gasteiger partial charge in [-0.15, -0.1) is 0 Å². The number of likely N-dealkylation sites (tertiary alicyclic amines) is 1. The summed E-state index contributed by atoms with van der Waals surface area (Å²) in [6.07, 6.45) is 3.89. The summed E-state index contributed by atoms with van der Waals surface area (Å²) in [6.45, 7) is 5.30. The number of carbonyl (C=O) groups is 1. The molecular weight excluding hydrogens is 238 g/mol. The van der Waals surface area contributed by atoms with Crippen LogP contribution in [-0.4, -0.2) is 36.5 Å². The molecule has 1 aliphatic rings. The van der Waals surface area contributed by atoms with Crippen LogP contribution in [0.5, 0.6) is 0 Å². The fraction of sp³-hybridized carbons (Fsp3) is 0.533. The summed E-state index contributed by atoms with van der Waals surface area (Å²) in [5.41, 5.74) is 6.96. The fourth-order valence-electron chi connectivity index (χ4n) is 2.52. The van der Waals surface area contributed by atoms with E-state index in [1.165, 1.54) is 19.3 Å². The Morgan fingerprint density at radius 1 is 1.26 bits per heavy atom. The minimum Gasteiger partial charge on any atom is -0.399 e. The van der Waals surface area contributed by atoms with E-state index in [0.717, 1.165) is 19.6 Å². The molecule has 0 bridgehead atoms. The predicted molar refractivity (Wildman–Crippen MR) is 78.1 cm³/mol. The molecule has 0 radical (unpaired) electrons. The van der Waals surface area contributed by atoms with Gasteiger partial charge in [-0.3, -0.25) is 4.79 Å². The van der Waals surface area contributed by atoms with E-state index in [0.29, 0.717) is 11.3 Å². The molecule has 0 spiro atoms. The number of rotatable bonds is 4. The second-order valence-electron chi connectivity index (χ2n) is 5.36. The van der Waals surface area contributed by atoms with E-state index in [9.17, 15) is 4.79 Å². The maximum absolute atomic E-state index is 12.0. The molecule has 0 aromatic heterocycles. The molecule has 19 heavy (non-hydrogen) atoms. The van der Waals surface area contributed by atoms with Crippen molar-refractivity contribution in [2.45, 2.75) is 32.2 Å². The highest BCUT2D eigenvalue weighted by molar-refractivity contribution is 5.94. The lowest BCUT2D eigenvalue weighted by atomic mass is 10.1. The number of anilines is 1. The van der Waals surface area contributed by atoms with E-state index in [4.69, 9.17) is 5.73 Å². The second-order valence-corrected chi connectivity index (χ2v) is 5.36. The van der Waals surface area contributed by atoms with Gasteiger partial charge in [-0.2, -0.15) is 0 Å². The molecule has 1 aliphatic heterocycles. The number of hydrogen-bond donors (Lipinski definition) is 2. The zero-order valence-electron chi connectivity index (χ0n) is 11.6. The lowest BCUT2D eigenvalue weighted by molar-refractivity contribution is 0.0925. The van der Waals surface area contributed by atoms with Crippen molar-refractivity contribution in [2.75, 3.05) is 25.4 Å². The SMILES string of the molecule is CC(CN1CCCCC1)NC(=O)c1ccc(N)cc1. The first-order valence-corrected chi connectivity index (χ1v) is 7.04. The normalized spacial score (nSPS) is 17.9. The third kappa shape index (κ3) is 4.24. The summed E-state index contributed by atoms with van der Waals surface area (Å²) >= 11 is 0. The molecule has 1 fully saturated rings. The fourth-order valence-corrected chi connectivity index (χ4v) is 2.52. The van der Waals surface area contributed by atoms with Crippen molar-refractivity contribution in [1.82, 2.24) is 10.2 Å². The molecule has 1 aromatic rings. The van der Waals surface area contributed by atoms with Gasteiger partial charge in [0.25, 0.3) is 5.91 Å². The number of nitrogen functional groups attached to an aromatic ring is 1. The summed E-state index contributed by atoms with van der Waals surface area (Å²) in [6, 6.07) is 7.20. The third-order valence-corrected chi connectivity index (χ3v) is 3.53. The maximum Gasteiger partial charge on any atom is 0.251 e. The molecule has 0 saturated carbocycles. The monoisotopic (exact) mass is 261 g/mol. The number of nitrogens with zero attached hydrogens (tertiary/aromatic N) is 1. The number of piperidine rings is 1. The molecule has 1 saturated heterocycles. The van der Waals surface area contributed by atoms with Gasteiger partial charge in [0.05, 0.1) is 0 Å². The minimum atomic E-state index is -0.0236. The Bertz CT molecular complexity index is 410. The largest absolute Gasteiger partial charge is 0.399 e. The quantitative estimate of drug-likeness (QED) is 0.814. The van der Waals surface area contributed by atoms with Crippen LogP contribution in [-0.2, 0) is 0 Å². The highest BCUT2D eigenvalue weighted by atomic mass is 16.1. The highest BCUT2D eigenvalue weighted by Gasteiger charge is 2.15. The summed E-state index contributed by atoms with van der Waals surface area (Å²) in [7, 11) is 0. The Hall–Kier alpha value is -1.55. The summed E-state index contributed by atoms with van der Waals surface area (Å²) in [4.78, 5) is 14.5. The molecule has 1 amide bonds. The van der Waals surface area contributed by atoms with Gasteiger partial charge in [0.1, 0.15) is 0 Å². The number of hydrogen-bond acceptors (Lipinski definition) is 3. The molecule has 1 unspecified atom stereocenters. The van der Waals surface area contributed by atoms with Gasteiger partial charge in [0.15, 0.2) is 0 Å². The first-order valence-electron chi connectivity index (χ1n) is 7.04. The number of nitrogens with two attached hydrogens (primary N) is 1. The molecule has 4 heteroatoms. The van der Waals surface area contributed by atoms with E-state index in [2.05, 4.69) is 17.1 Å². The first kappa shape index (κ1) is 13.9. The van der Waals surface area contributed by atoms with E-state index in [1.807, 2.05) is 0 Å². The van der Waals surface area contributed by atoms with Crippen LogP contribution < -0.4 is 11.1 Å². The van der Waals surface area contributed by atoms with Crippen molar-refractivity contribution in [1.29, 1.82) is 0 Å². The average Bonchev–Trinajstić information content (AvgIpc) is 2.40. The molecule has 104 valence electrons. The van der Waals surface area contributed by atoms with Crippen LogP contribution in [0.15, 0.2) is 24.3 Å². The molecule has 3 N–H and O–H groups in total. The molecule has 4 nitrogen and oxygen atoms in total. The summed E-state index contributed by atoms with van der Waals surface area (Å²) in [5.74, 6) is -0.0236. The second kappa shape index (κ2) is 6.57. The van der Waals surface area contributed by atoms with Gasteiger partial charge < -0.3 is 16.0 Å². The van der Waals surface area contributed by atoms with E-state index in [-0.39, 0.29) is 11.9 Å². The number of amides is 1.